The summed E-state index contributed by atoms with van der Waals surface area (Å²) in [4.78, 5) is 2.54. The number of para-hydroxylation sites is 1. The van der Waals surface area contributed by atoms with E-state index >= 15 is 0 Å². The molecule has 2 heterocycles. The van der Waals surface area contributed by atoms with Crippen molar-refractivity contribution in [2.45, 2.75) is 25.8 Å². The Morgan fingerprint density at radius 3 is 2.81 bits per heavy atom. The summed E-state index contributed by atoms with van der Waals surface area (Å²) in [7, 11) is 1.67. The molecule has 116 valence electrons. The average molecular weight is 290 g/mol. The number of nitrogens with two attached hydrogens (primary N) is 1. The highest BCUT2D eigenvalue weighted by atomic mass is 16.5. The lowest BCUT2D eigenvalue weighted by molar-refractivity contribution is 0.112. The number of fused-ring (bicyclic) bond motifs is 1. The van der Waals surface area contributed by atoms with E-state index in [-0.39, 0.29) is 6.04 Å². The third-order valence-corrected chi connectivity index (χ3v) is 4.91. The lowest BCUT2D eigenvalue weighted by Gasteiger charge is -2.37. The predicted molar refractivity (Wildman–Crippen MR) is 83.7 cm³/mol. The predicted octanol–water partition coefficient (Wildman–Crippen LogP) is 2.44. The fraction of sp³-hybridized carbons (Fsp3) is 0.647. The molecule has 2 N–H and O–H groups in total. The zero-order valence-electron chi connectivity index (χ0n) is 13.0. The summed E-state index contributed by atoms with van der Waals surface area (Å²) in [6.07, 6.45) is 2.60. The van der Waals surface area contributed by atoms with Crippen molar-refractivity contribution in [3.8, 4) is 11.5 Å². The minimum absolute atomic E-state index is 0.0307. The minimum Gasteiger partial charge on any atom is -0.493 e. The molecule has 0 aromatic heterocycles. The van der Waals surface area contributed by atoms with Gasteiger partial charge in [-0.05, 0) is 37.9 Å². The molecule has 2 atom stereocenters. The lowest BCUT2D eigenvalue weighted by atomic mass is 9.89. The molecule has 21 heavy (non-hydrogen) atoms. The maximum Gasteiger partial charge on any atom is 0.165 e. The SMILES string of the molecule is COc1cccc2c1OCC(CN1CCC(C)CC1)C2N. The van der Waals surface area contributed by atoms with Gasteiger partial charge in [-0.1, -0.05) is 19.1 Å². The molecule has 0 spiro atoms. The normalized spacial score (nSPS) is 27.0. The average Bonchev–Trinajstić information content (AvgIpc) is 2.51. The largest absolute Gasteiger partial charge is 0.493 e. The molecule has 4 heteroatoms. The molecule has 4 nitrogen and oxygen atoms in total. The van der Waals surface area contributed by atoms with Crippen LogP contribution in [0.2, 0.25) is 0 Å². The minimum atomic E-state index is 0.0307. The standard InChI is InChI=1S/C17H26N2O2/c1-12-6-8-19(9-7-12)10-13-11-21-17-14(16(13)18)4-3-5-15(17)20-2/h3-5,12-13,16H,6-11,18H2,1-2H3. The Labute approximate surface area is 127 Å². The first-order chi connectivity index (χ1) is 10.2. The summed E-state index contributed by atoms with van der Waals surface area (Å²) >= 11 is 0. The van der Waals surface area contributed by atoms with Crippen LogP contribution in [0.15, 0.2) is 18.2 Å². The summed E-state index contributed by atoms with van der Waals surface area (Å²) in [5.41, 5.74) is 7.58. The van der Waals surface area contributed by atoms with Crippen molar-refractivity contribution < 1.29 is 9.47 Å². The van der Waals surface area contributed by atoms with Crippen LogP contribution in [0.25, 0.3) is 0 Å². The van der Waals surface area contributed by atoms with E-state index in [1.54, 1.807) is 7.11 Å². The number of benzene rings is 1. The second-order valence-corrected chi connectivity index (χ2v) is 6.46. The number of ether oxygens (including phenoxy) is 2. The molecule has 1 saturated heterocycles. The third-order valence-electron chi connectivity index (χ3n) is 4.91. The number of hydrogen-bond acceptors (Lipinski definition) is 4. The van der Waals surface area contributed by atoms with Crippen LogP contribution in [0.5, 0.6) is 11.5 Å². The number of piperidine rings is 1. The number of rotatable bonds is 3. The van der Waals surface area contributed by atoms with E-state index in [2.05, 4.69) is 17.9 Å². The first-order valence-corrected chi connectivity index (χ1v) is 7.96. The number of hydrogen-bond donors (Lipinski definition) is 1. The molecule has 2 unspecified atom stereocenters. The van der Waals surface area contributed by atoms with Crippen LogP contribution >= 0.6 is 0 Å². The molecule has 2 aliphatic heterocycles. The van der Waals surface area contributed by atoms with Crippen LogP contribution in [-0.2, 0) is 0 Å². The van der Waals surface area contributed by atoms with Gasteiger partial charge in [0.25, 0.3) is 0 Å². The first-order valence-electron chi connectivity index (χ1n) is 7.96. The Bertz CT molecular complexity index is 484. The van der Waals surface area contributed by atoms with Crippen molar-refractivity contribution in [1.29, 1.82) is 0 Å². The first kappa shape index (κ1) is 14.7. The fourth-order valence-corrected chi connectivity index (χ4v) is 3.40. The maximum absolute atomic E-state index is 6.50. The monoisotopic (exact) mass is 290 g/mol. The van der Waals surface area contributed by atoms with Gasteiger partial charge in [0, 0.05) is 24.1 Å². The van der Waals surface area contributed by atoms with Crippen molar-refractivity contribution in [3.63, 3.8) is 0 Å². The van der Waals surface area contributed by atoms with Crippen LogP contribution in [0.1, 0.15) is 31.4 Å². The molecule has 0 saturated carbocycles. The molecular weight excluding hydrogens is 264 g/mol. The van der Waals surface area contributed by atoms with Crippen molar-refractivity contribution in [2.75, 3.05) is 33.4 Å². The third kappa shape index (κ3) is 3.01. The lowest BCUT2D eigenvalue weighted by Crippen LogP contribution is -2.43. The van der Waals surface area contributed by atoms with Gasteiger partial charge in [0.05, 0.1) is 13.7 Å². The van der Waals surface area contributed by atoms with E-state index in [9.17, 15) is 0 Å². The van der Waals surface area contributed by atoms with E-state index in [1.807, 2.05) is 12.1 Å². The topological polar surface area (TPSA) is 47.7 Å². The van der Waals surface area contributed by atoms with E-state index < -0.39 is 0 Å². The Morgan fingerprint density at radius 1 is 1.33 bits per heavy atom. The quantitative estimate of drug-likeness (QED) is 0.929. The van der Waals surface area contributed by atoms with Crippen molar-refractivity contribution >= 4 is 0 Å². The number of likely N-dealkylation sites (tertiary alicyclic amines) is 1. The molecule has 0 radical (unpaired) electrons. The summed E-state index contributed by atoms with van der Waals surface area (Å²) in [6.45, 7) is 6.44. The van der Waals surface area contributed by atoms with Gasteiger partial charge in [0.15, 0.2) is 11.5 Å². The Balaban J connectivity index is 1.69. The summed E-state index contributed by atoms with van der Waals surface area (Å²) in [6, 6.07) is 6.01. The van der Waals surface area contributed by atoms with E-state index in [0.29, 0.717) is 12.5 Å². The van der Waals surface area contributed by atoms with Gasteiger partial charge < -0.3 is 20.1 Å². The van der Waals surface area contributed by atoms with Crippen molar-refractivity contribution in [1.82, 2.24) is 4.90 Å². The fourth-order valence-electron chi connectivity index (χ4n) is 3.40. The second-order valence-electron chi connectivity index (χ2n) is 6.46. The zero-order valence-corrected chi connectivity index (χ0v) is 13.0. The molecule has 0 aliphatic carbocycles. The van der Waals surface area contributed by atoms with E-state index in [0.717, 1.165) is 29.5 Å². The van der Waals surface area contributed by atoms with E-state index in [1.165, 1.54) is 25.9 Å². The van der Waals surface area contributed by atoms with Gasteiger partial charge >= 0.3 is 0 Å². The van der Waals surface area contributed by atoms with Gasteiger partial charge in [-0.25, -0.2) is 0 Å². The molecule has 1 aromatic carbocycles. The molecular formula is C17H26N2O2. The van der Waals surface area contributed by atoms with Crippen molar-refractivity contribution in [2.24, 2.45) is 17.6 Å². The molecule has 3 rings (SSSR count). The number of nitrogens with zero attached hydrogens (tertiary/aromatic N) is 1. The highest BCUT2D eigenvalue weighted by molar-refractivity contribution is 5.49. The van der Waals surface area contributed by atoms with Gasteiger partial charge in [0.2, 0.25) is 0 Å². The van der Waals surface area contributed by atoms with Crippen LogP contribution in [0.3, 0.4) is 0 Å². The van der Waals surface area contributed by atoms with Gasteiger partial charge in [-0.3, -0.25) is 0 Å². The van der Waals surface area contributed by atoms with Crippen LogP contribution in [0, 0.1) is 11.8 Å². The van der Waals surface area contributed by atoms with Crippen LogP contribution < -0.4 is 15.2 Å². The van der Waals surface area contributed by atoms with E-state index in [4.69, 9.17) is 15.2 Å². The Kier molecular flexibility index (Phi) is 4.36. The maximum atomic E-state index is 6.50. The molecule has 0 bridgehead atoms. The van der Waals surface area contributed by atoms with Crippen LogP contribution in [-0.4, -0.2) is 38.3 Å². The molecule has 0 amide bonds. The van der Waals surface area contributed by atoms with Gasteiger partial charge in [-0.15, -0.1) is 0 Å². The summed E-state index contributed by atoms with van der Waals surface area (Å²) in [5.74, 6) is 2.84. The molecule has 1 fully saturated rings. The zero-order chi connectivity index (χ0) is 14.8. The van der Waals surface area contributed by atoms with Gasteiger partial charge in [0.1, 0.15) is 0 Å². The summed E-state index contributed by atoms with van der Waals surface area (Å²) < 4.78 is 11.3. The Hall–Kier alpha value is -1.26. The highest BCUT2D eigenvalue weighted by Gasteiger charge is 2.31. The van der Waals surface area contributed by atoms with Crippen LogP contribution in [0.4, 0.5) is 0 Å². The molecule has 1 aromatic rings. The smallest absolute Gasteiger partial charge is 0.165 e. The van der Waals surface area contributed by atoms with Crippen molar-refractivity contribution in [3.05, 3.63) is 23.8 Å². The molecule has 2 aliphatic rings. The van der Waals surface area contributed by atoms with Gasteiger partial charge in [-0.2, -0.15) is 0 Å². The second kappa shape index (κ2) is 6.24. The Morgan fingerprint density at radius 2 is 2.10 bits per heavy atom. The summed E-state index contributed by atoms with van der Waals surface area (Å²) in [5, 5.41) is 0. The highest BCUT2D eigenvalue weighted by Crippen LogP contribution is 2.40. The number of methoxy groups -OCH3 is 1.